The van der Waals surface area contributed by atoms with Crippen molar-refractivity contribution in [2.75, 3.05) is 20.3 Å². The van der Waals surface area contributed by atoms with Crippen LogP contribution in [0.2, 0.25) is 0 Å². The van der Waals surface area contributed by atoms with Crippen molar-refractivity contribution in [3.05, 3.63) is 24.5 Å². The zero-order valence-electron chi connectivity index (χ0n) is 7.53. The number of ether oxygens (including phenoxy) is 1. The molecule has 3 nitrogen and oxygen atoms in total. The smallest absolute Gasteiger partial charge is 0.141 e. The molecule has 0 aromatic carbocycles. The van der Waals surface area contributed by atoms with Gasteiger partial charge in [0, 0.05) is 6.20 Å². The lowest BCUT2D eigenvalue weighted by atomic mass is 10.5. The Labute approximate surface area is 73.0 Å². The quantitative estimate of drug-likeness (QED) is 0.632. The van der Waals surface area contributed by atoms with Crippen molar-refractivity contribution in [2.24, 2.45) is 0 Å². The van der Waals surface area contributed by atoms with Crippen molar-refractivity contribution in [3.63, 3.8) is 0 Å². The predicted molar refractivity (Wildman–Crippen MR) is 48.0 cm³/mol. The highest BCUT2D eigenvalue weighted by molar-refractivity contribution is 5.15. The Bertz CT molecular complexity index is 213. The van der Waals surface area contributed by atoms with Gasteiger partial charge in [-0.1, -0.05) is 6.92 Å². The molecule has 0 fully saturated rings. The first kappa shape index (κ1) is 9.00. The van der Waals surface area contributed by atoms with Crippen LogP contribution in [0, 0.1) is 0 Å². The molecule has 0 aliphatic heterocycles. The van der Waals surface area contributed by atoms with Crippen LogP contribution in [0.1, 0.15) is 6.92 Å². The van der Waals surface area contributed by atoms with E-state index in [4.69, 9.17) is 4.74 Å². The van der Waals surface area contributed by atoms with Crippen molar-refractivity contribution < 1.29 is 4.74 Å². The van der Waals surface area contributed by atoms with Gasteiger partial charge in [0.1, 0.15) is 12.5 Å². The van der Waals surface area contributed by atoms with E-state index in [9.17, 15) is 0 Å². The fourth-order valence-corrected chi connectivity index (χ4v) is 0.708. The fraction of sp³-hybridized carbons (Fsp3) is 0.444. The van der Waals surface area contributed by atoms with Crippen LogP contribution in [0.3, 0.4) is 0 Å². The molecule has 0 spiro atoms. The second-order valence-electron chi connectivity index (χ2n) is 2.63. The molecule has 0 aliphatic carbocycles. The van der Waals surface area contributed by atoms with Crippen LogP contribution in [0.25, 0.3) is 0 Å². The first-order valence-electron chi connectivity index (χ1n) is 4.04. The summed E-state index contributed by atoms with van der Waals surface area (Å²) in [6.07, 6.45) is 3.44. The zero-order valence-corrected chi connectivity index (χ0v) is 7.53. The Morgan fingerprint density at radius 3 is 3.00 bits per heavy atom. The Morgan fingerprint density at radius 1 is 1.58 bits per heavy atom. The number of hydrogen-bond acceptors (Lipinski definition) is 3. The van der Waals surface area contributed by atoms with Crippen LogP contribution in [0.5, 0.6) is 5.75 Å². The second-order valence-corrected chi connectivity index (χ2v) is 2.63. The topological polar surface area (TPSA) is 25.4 Å². The molecule has 0 saturated heterocycles. The Kier molecular flexibility index (Phi) is 3.54. The third kappa shape index (κ3) is 2.88. The second kappa shape index (κ2) is 4.72. The van der Waals surface area contributed by atoms with Crippen molar-refractivity contribution in [3.8, 4) is 5.75 Å². The van der Waals surface area contributed by atoms with Gasteiger partial charge in [-0.2, -0.15) is 0 Å². The molecule has 0 saturated carbocycles. The van der Waals surface area contributed by atoms with Gasteiger partial charge < -0.3 is 4.74 Å². The largest absolute Gasteiger partial charge is 0.477 e. The van der Waals surface area contributed by atoms with E-state index in [-0.39, 0.29) is 0 Å². The lowest BCUT2D eigenvalue weighted by Crippen LogP contribution is -2.22. The standard InChI is InChI=1S/C9H14N2O/c1-3-11(2)8-12-9-5-4-6-10-7-9/h4-7H,3,8H2,1-2H3. The molecule has 1 rings (SSSR count). The van der Waals surface area contributed by atoms with Crippen LogP contribution in [-0.4, -0.2) is 30.2 Å². The van der Waals surface area contributed by atoms with Gasteiger partial charge in [0.25, 0.3) is 0 Å². The minimum absolute atomic E-state index is 0.613. The van der Waals surface area contributed by atoms with E-state index >= 15 is 0 Å². The molecule has 1 heterocycles. The minimum Gasteiger partial charge on any atom is -0.477 e. The van der Waals surface area contributed by atoms with Crippen molar-refractivity contribution in [1.29, 1.82) is 0 Å². The SMILES string of the molecule is CCN(C)COc1cccnc1. The van der Waals surface area contributed by atoms with Crippen LogP contribution in [0.15, 0.2) is 24.5 Å². The Morgan fingerprint density at radius 2 is 2.42 bits per heavy atom. The lowest BCUT2D eigenvalue weighted by molar-refractivity contribution is 0.158. The molecule has 12 heavy (non-hydrogen) atoms. The number of pyridine rings is 1. The normalized spacial score (nSPS) is 10.2. The van der Waals surface area contributed by atoms with Gasteiger partial charge in [0.2, 0.25) is 0 Å². The summed E-state index contributed by atoms with van der Waals surface area (Å²) in [5.74, 6) is 0.817. The first-order chi connectivity index (χ1) is 5.83. The molecule has 3 heteroatoms. The molecule has 0 atom stereocenters. The van der Waals surface area contributed by atoms with E-state index in [0.29, 0.717) is 6.73 Å². The predicted octanol–water partition coefficient (Wildman–Crippen LogP) is 1.37. The van der Waals surface area contributed by atoms with Gasteiger partial charge in [-0.05, 0) is 25.7 Å². The zero-order chi connectivity index (χ0) is 8.81. The summed E-state index contributed by atoms with van der Waals surface area (Å²) in [4.78, 5) is 6.02. The van der Waals surface area contributed by atoms with Gasteiger partial charge >= 0.3 is 0 Å². The van der Waals surface area contributed by atoms with Gasteiger partial charge in [-0.25, -0.2) is 0 Å². The van der Waals surface area contributed by atoms with Crippen LogP contribution >= 0.6 is 0 Å². The maximum Gasteiger partial charge on any atom is 0.141 e. The van der Waals surface area contributed by atoms with Gasteiger partial charge in [0.15, 0.2) is 0 Å². The summed E-state index contributed by atoms with van der Waals surface area (Å²) < 4.78 is 5.42. The van der Waals surface area contributed by atoms with Gasteiger partial charge in [-0.3, -0.25) is 9.88 Å². The summed E-state index contributed by atoms with van der Waals surface area (Å²) in [5.41, 5.74) is 0. The molecule has 0 N–H and O–H groups in total. The van der Waals surface area contributed by atoms with Crippen LogP contribution in [-0.2, 0) is 0 Å². The van der Waals surface area contributed by atoms with E-state index in [0.717, 1.165) is 12.3 Å². The molecule has 0 bridgehead atoms. The highest BCUT2D eigenvalue weighted by Crippen LogP contribution is 2.05. The summed E-state index contributed by atoms with van der Waals surface area (Å²) in [5, 5.41) is 0. The van der Waals surface area contributed by atoms with Gasteiger partial charge in [-0.15, -0.1) is 0 Å². The van der Waals surface area contributed by atoms with Crippen molar-refractivity contribution >= 4 is 0 Å². The summed E-state index contributed by atoms with van der Waals surface area (Å²) in [6.45, 7) is 3.69. The molecular weight excluding hydrogens is 152 g/mol. The fourth-order valence-electron chi connectivity index (χ4n) is 0.708. The Balaban J connectivity index is 2.33. The monoisotopic (exact) mass is 166 g/mol. The highest BCUT2D eigenvalue weighted by Gasteiger charge is 1.94. The van der Waals surface area contributed by atoms with Crippen molar-refractivity contribution in [1.82, 2.24) is 9.88 Å². The maximum absolute atomic E-state index is 5.42. The molecule has 1 aromatic rings. The van der Waals surface area contributed by atoms with Crippen LogP contribution in [0.4, 0.5) is 0 Å². The third-order valence-electron chi connectivity index (χ3n) is 1.63. The van der Waals surface area contributed by atoms with E-state index in [1.54, 1.807) is 12.4 Å². The average molecular weight is 166 g/mol. The molecular formula is C9H14N2O. The number of hydrogen-bond donors (Lipinski definition) is 0. The average Bonchev–Trinajstić information content (AvgIpc) is 2.16. The summed E-state index contributed by atoms with van der Waals surface area (Å²) in [7, 11) is 2.01. The maximum atomic E-state index is 5.42. The first-order valence-corrected chi connectivity index (χ1v) is 4.04. The Hall–Kier alpha value is -1.09. The minimum atomic E-state index is 0.613. The molecule has 1 aromatic heterocycles. The summed E-state index contributed by atoms with van der Waals surface area (Å²) >= 11 is 0. The van der Waals surface area contributed by atoms with Crippen molar-refractivity contribution in [2.45, 2.75) is 6.92 Å². The number of aromatic nitrogens is 1. The molecule has 66 valence electrons. The molecule has 0 amide bonds. The molecule has 0 unspecified atom stereocenters. The number of rotatable bonds is 4. The molecule has 0 radical (unpaired) electrons. The molecule has 0 aliphatic rings. The van der Waals surface area contributed by atoms with E-state index < -0.39 is 0 Å². The number of nitrogens with zero attached hydrogens (tertiary/aromatic N) is 2. The van der Waals surface area contributed by atoms with Gasteiger partial charge in [0.05, 0.1) is 6.20 Å². The lowest BCUT2D eigenvalue weighted by Gasteiger charge is -2.14. The third-order valence-corrected chi connectivity index (χ3v) is 1.63. The van der Waals surface area contributed by atoms with Crippen LogP contribution < -0.4 is 4.74 Å². The van der Waals surface area contributed by atoms with E-state index in [1.807, 2.05) is 19.2 Å². The van der Waals surface area contributed by atoms with E-state index in [2.05, 4.69) is 16.8 Å². The van der Waals surface area contributed by atoms with E-state index in [1.165, 1.54) is 0 Å². The summed E-state index contributed by atoms with van der Waals surface area (Å²) in [6, 6.07) is 3.76. The highest BCUT2D eigenvalue weighted by atomic mass is 16.5.